The highest BCUT2D eigenvalue weighted by molar-refractivity contribution is 7.18. The Morgan fingerprint density at radius 3 is 2.64 bits per heavy atom. The molecule has 0 saturated heterocycles. The van der Waals surface area contributed by atoms with Crippen LogP contribution in [0.1, 0.15) is 16.1 Å². The number of thiophene rings is 1. The molecule has 9 heteroatoms. The zero-order valence-corrected chi connectivity index (χ0v) is 19.0. The number of aryl methyl sites for hydroxylation is 2. The van der Waals surface area contributed by atoms with E-state index >= 15 is 0 Å². The van der Waals surface area contributed by atoms with Crippen LogP contribution in [0.4, 0.5) is 0 Å². The molecule has 0 saturated carbocycles. The summed E-state index contributed by atoms with van der Waals surface area (Å²) in [4.78, 5) is 45.8. The highest BCUT2D eigenvalue weighted by Gasteiger charge is 2.20. The Morgan fingerprint density at radius 1 is 1.03 bits per heavy atom. The van der Waals surface area contributed by atoms with Gasteiger partial charge < -0.3 is 4.74 Å². The first-order chi connectivity index (χ1) is 15.9. The third-order valence-corrected chi connectivity index (χ3v) is 6.94. The van der Waals surface area contributed by atoms with Crippen molar-refractivity contribution >= 4 is 27.2 Å². The van der Waals surface area contributed by atoms with Crippen molar-refractivity contribution < 1.29 is 4.74 Å². The lowest BCUT2D eigenvalue weighted by atomic mass is 10.2. The van der Waals surface area contributed by atoms with Crippen LogP contribution in [0.2, 0.25) is 0 Å². The number of rotatable bonds is 4. The first-order valence-electron chi connectivity index (χ1n) is 10.3. The van der Waals surface area contributed by atoms with E-state index in [0.717, 1.165) is 15.0 Å². The second kappa shape index (κ2) is 7.86. The maximum absolute atomic E-state index is 13.7. The van der Waals surface area contributed by atoms with Gasteiger partial charge in [0.05, 0.1) is 30.4 Å². The molecular weight excluding hydrogens is 440 g/mol. The van der Waals surface area contributed by atoms with Crippen LogP contribution in [0.3, 0.4) is 0 Å². The first-order valence-corrected chi connectivity index (χ1v) is 11.1. The highest BCUT2D eigenvalue weighted by atomic mass is 32.1. The van der Waals surface area contributed by atoms with Gasteiger partial charge in [0, 0.05) is 23.2 Å². The normalized spacial score (nSPS) is 11.4. The quantitative estimate of drug-likeness (QED) is 0.412. The summed E-state index contributed by atoms with van der Waals surface area (Å²) in [7, 11) is 1.53. The molecule has 0 aliphatic rings. The number of fused-ring (bicyclic) bond motifs is 2. The Hall–Kier alpha value is -3.98. The largest absolute Gasteiger partial charge is 0.497 e. The van der Waals surface area contributed by atoms with Gasteiger partial charge in [0.15, 0.2) is 0 Å². The molecule has 0 N–H and O–H groups in total. The molecule has 33 heavy (non-hydrogen) atoms. The molecule has 0 amide bonds. The van der Waals surface area contributed by atoms with E-state index in [1.54, 1.807) is 48.7 Å². The molecule has 4 heterocycles. The second-order valence-electron chi connectivity index (χ2n) is 7.69. The molecule has 0 aliphatic heterocycles. The lowest BCUT2D eigenvalue weighted by Crippen LogP contribution is -2.39. The Kier molecular flexibility index (Phi) is 4.98. The summed E-state index contributed by atoms with van der Waals surface area (Å²) in [6.07, 6.45) is 1.65. The van der Waals surface area contributed by atoms with Crippen molar-refractivity contribution in [2.75, 3.05) is 7.11 Å². The van der Waals surface area contributed by atoms with Crippen LogP contribution < -0.4 is 21.5 Å². The standard InChI is InChI=1S/C24H20N4O4S/c1-14-15(2)33-23-21(14)22(30)28(17-7-6-8-18(12-17)32-3)24(31)27(23)13-16-11-20(29)26-10-5-4-9-19(26)25-16/h4-12H,13H2,1-3H3. The van der Waals surface area contributed by atoms with Crippen LogP contribution >= 0.6 is 11.3 Å². The Labute approximate surface area is 191 Å². The minimum Gasteiger partial charge on any atom is -0.497 e. The Morgan fingerprint density at radius 2 is 1.85 bits per heavy atom. The number of nitrogens with zero attached hydrogens (tertiary/aromatic N) is 4. The predicted octanol–water partition coefficient (Wildman–Crippen LogP) is 2.90. The number of aromatic nitrogens is 4. The summed E-state index contributed by atoms with van der Waals surface area (Å²) < 4.78 is 9.39. The Balaban J connectivity index is 1.80. The van der Waals surface area contributed by atoms with Gasteiger partial charge in [-0.05, 0) is 43.7 Å². The molecule has 0 bridgehead atoms. The van der Waals surface area contributed by atoms with Gasteiger partial charge in [-0.25, -0.2) is 14.3 Å². The summed E-state index contributed by atoms with van der Waals surface area (Å²) in [6.45, 7) is 3.85. The SMILES string of the molecule is COc1cccc(-n2c(=O)c3c(C)c(C)sc3n(Cc3cc(=O)n4ccccc4n3)c2=O)c1. The van der Waals surface area contributed by atoms with Crippen LogP contribution in [-0.4, -0.2) is 25.6 Å². The van der Waals surface area contributed by atoms with Crippen molar-refractivity contribution in [1.82, 2.24) is 18.5 Å². The molecule has 0 aliphatic carbocycles. The number of benzene rings is 1. The number of methoxy groups -OCH3 is 1. The fourth-order valence-corrected chi connectivity index (χ4v) is 5.06. The van der Waals surface area contributed by atoms with Gasteiger partial charge in [-0.1, -0.05) is 12.1 Å². The van der Waals surface area contributed by atoms with E-state index in [4.69, 9.17) is 4.74 Å². The zero-order chi connectivity index (χ0) is 23.3. The molecule has 8 nitrogen and oxygen atoms in total. The smallest absolute Gasteiger partial charge is 0.337 e. The number of ether oxygens (including phenoxy) is 1. The Bertz CT molecular complexity index is 1730. The summed E-state index contributed by atoms with van der Waals surface area (Å²) in [5.41, 5.74) is 1.05. The fraction of sp³-hybridized carbons (Fsp3) is 0.167. The summed E-state index contributed by atoms with van der Waals surface area (Å²) >= 11 is 1.39. The van der Waals surface area contributed by atoms with Gasteiger partial charge >= 0.3 is 5.69 Å². The third-order valence-electron chi connectivity index (χ3n) is 5.71. The lowest BCUT2D eigenvalue weighted by molar-refractivity contribution is 0.414. The second-order valence-corrected chi connectivity index (χ2v) is 8.89. The number of hydrogen-bond donors (Lipinski definition) is 0. The first kappa shape index (κ1) is 20.9. The van der Waals surface area contributed by atoms with E-state index in [2.05, 4.69) is 4.98 Å². The molecule has 5 aromatic rings. The van der Waals surface area contributed by atoms with E-state index in [-0.39, 0.29) is 17.7 Å². The molecule has 0 spiro atoms. The molecule has 0 unspecified atom stereocenters. The molecule has 0 atom stereocenters. The van der Waals surface area contributed by atoms with Gasteiger partial charge in [-0.15, -0.1) is 11.3 Å². The van der Waals surface area contributed by atoms with Crippen LogP contribution in [0.25, 0.3) is 21.6 Å². The average molecular weight is 461 g/mol. The molecule has 166 valence electrons. The van der Waals surface area contributed by atoms with Crippen molar-refractivity contribution in [3.63, 3.8) is 0 Å². The monoisotopic (exact) mass is 460 g/mol. The minimum absolute atomic E-state index is 0.0552. The van der Waals surface area contributed by atoms with Gasteiger partial charge in [0.1, 0.15) is 16.2 Å². The van der Waals surface area contributed by atoms with Crippen LogP contribution in [0, 0.1) is 13.8 Å². The predicted molar refractivity (Wildman–Crippen MR) is 128 cm³/mol. The molecular formula is C24H20N4O4S. The van der Waals surface area contributed by atoms with Crippen molar-refractivity contribution in [1.29, 1.82) is 0 Å². The maximum Gasteiger partial charge on any atom is 0.337 e. The number of hydrogen-bond acceptors (Lipinski definition) is 6. The van der Waals surface area contributed by atoms with Crippen molar-refractivity contribution in [2.45, 2.75) is 20.4 Å². The van der Waals surface area contributed by atoms with Crippen molar-refractivity contribution in [3.05, 3.63) is 102 Å². The van der Waals surface area contributed by atoms with E-state index in [1.807, 2.05) is 13.8 Å². The molecule has 0 radical (unpaired) electrons. The topological polar surface area (TPSA) is 87.6 Å². The summed E-state index contributed by atoms with van der Waals surface area (Å²) in [5.74, 6) is 0.535. The zero-order valence-electron chi connectivity index (χ0n) is 18.2. The number of pyridine rings is 1. The summed E-state index contributed by atoms with van der Waals surface area (Å²) in [5, 5.41) is 0.484. The minimum atomic E-state index is -0.503. The van der Waals surface area contributed by atoms with Gasteiger partial charge in [0.2, 0.25) is 0 Å². The van der Waals surface area contributed by atoms with E-state index in [9.17, 15) is 14.4 Å². The van der Waals surface area contributed by atoms with Crippen molar-refractivity contribution in [2.24, 2.45) is 0 Å². The van der Waals surface area contributed by atoms with E-state index in [0.29, 0.717) is 33.0 Å². The van der Waals surface area contributed by atoms with E-state index in [1.165, 1.54) is 33.5 Å². The van der Waals surface area contributed by atoms with Crippen molar-refractivity contribution in [3.8, 4) is 11.4 Å². The summed E-state index contributed by atoms with van der Waals surface area (Å²) in [6, 6.07) is 13.5. The van der Waals surface area contributed by atoms with Gasteiger partial charge in [-0.3, -0.25) is 18.6 Å². The highest BCUT2D eigenvalue weighted by Crippen LogP contribution is 2.27. The van der Waals surface area contributed by atoms with Crippen LogP contribution in [0.5, 0.6) is 5.75 Å². The molecule has 4 aromatic heterocycles. The lowest BCUT2D eigenvalue weighted by Gasteiger charge is -2.13. The van der Waals surface area contributed by atoms with E-state index < -0.39 is 5.69 Å². The maximum atomic E-state index is 13.7. The third kappa shape index (κ3) is 3.37. The fourth-order valence-electron chi connectivity index (χ4n) is 3.92. The molecule has 0 fully saturated rings. The average Bonchev–Trinajstić information content (AvgIpc) is 3.11. The van der Waals surface area contributed by atoms with Gasteiger partial charge in [-0.2, -0.15) is 0 Å². The molecule has 1 aromatic carbocycles. The van der Waals surface area contributed by atoms with Gasteiger partial charge in [0.25, 0.3) is 11.1 Å². The molecule has 5 rings (SSSR count). The van der Waals surface area contributed by atoms with Crippen LogP contribution in [-0.2, 0) is 6.54 Å². The van der Waals surface area contributed by atoms with Crippen LogP contribution in [0.15, 0.2) is 69.1 Å².